The van der Waals surface area contributed by atoms with Crippen molar-refractivity contribution in [3.63, 3.8) is 0 Å². The summed E-state index contributed by atoms with van der Waals surface area (Å²) >= 11 is 7.36. The predicted octanol–water partition coefficient (Wildman–Crippen LogP) is 4.13. The van der Waals surface area contributed by atoms with E-state index in [9.17, 15) is 14.4 Å². The van der Waals surface area contributed by atoms with Crippen LogP contribution in [0.5, 0.6) is 0 Å². The van der Waals surface area contributed by atoms with E-state index in [1.54, 1.807) is 0 Å². The van der Waals surface area contributed by atoms with Crippen molar-refractivity contribution in [3.8, 4) is 0 Å². The molecule has 6 heteroatoms. The van der Waals surface area contributed by atoms with E-state index in [2.05, 4.69) is 0 Å². The molecule has 3 aromatic rings. The maximum atomic E-state index is 13.7. The largest absolute Gasteiger partial charge is 0.478 e. The quantitative estimate of drug-likeness (QED) is 0.491. The third kappa shape index (κ3) is 2.14. The molecule has 0 aromatic heterocycles. The Balaban J connectivity index is 1.55. The number of halogens is 1. The van der Waals surface area contributed by atoms with E-state index >= 15 is 0 Å². The Morgan fingerprint density at radius 2 is 1.39 bits per heavy atom. The predicted molar refractivity (Wildman–Crippen MR) is 114 cm³/mol. The van der Waals surface area contributed by atoms with Crippen molar-refractivity contribution in [3.05, 3.63) is 101 Å². The molecule has 2 bridgehead atoms. The van der Waals surface area contributed by atoms with E-state index in [4.69, 9.17) is 16.7 Å². The molecule has 0 radical (unpaired) electrons. The Hall–Kier alpha value is -3.44. The van der Waals surface area contributed by atoms with Crippen molar-refractivity contribution >= 4 is 35.1 Å². The maximum Gasteiger partial charge on any atom is 0.335 e. The summed E-state index contributed by atoms with van der Waals surface area (Å²) in [4.78, 5) is 38.6. The van der Waals surface area contributed by atoms with Gasteiger partial charge in [0.05, 0.1) is 23.1 Å². The normalized spacial score (nSPS) is 27.6. The lowest BCUT2D eigenvalue weighted by molar-refractivity contribution is -0.122. The van der Waals surface area contributed by atoms with Gasteiger partial charge in [-0.3, -0.25) is 9.59 Å². The summed E-state index contributed by atoms with van der Waals surface area (Å²) in [5.74, 6) is -3.29. The second kappa shape index (κ2) is 6.05. The summed E-state index contributed by atoms with van der Waals surface area (Å²) in [5, 5.41) is 9.16. The average Bonchev–Trinajstić information content (AvgIpc) is 3.06. The van der Waals surface area contributed by atoms with Crippen LogP contribution in [0.4, 0.5) is 5.69 Å². The zero-order valence-electron chi connectivity index (χ0n) is 16.2. The van der Waals surface area contributed by atoms with Crippen molar-refractivity contribution in [1.29, 1.82) is 0 Å². The molecule has 1 N–H and O–H groups in total. The van der Waals surface area contributed by atoms with Crippen molar-refractivity contribution in [2.45, 2.75) is 10.8 Å². The van der Waals surface area contributed by atoms with Gasteiger partial charge in [0, 0.05) is 5.92 Å². The fourth-order valence-corrected chi connectivity index (χ4v) is 6.26. The number of benzene rings is 3. The number of carbonyl (C=O) groups is 3. The van der Waals surface area contributed by atoms with Crippen LogP contribution < -0.4 is 4.90 Å². The average molecular weight is 430 g/mol. The van der Waals surface area contributed by atoms with Crippen molar-refractivity contribution in [1.82, 2.24) is 0 Å². The number of nitrogens with zero attached hydrogens (tertiary/aromatic N) is 1. The maximum absolute atomic E-state index is 13.7. The van der Waals surface area contributed by atoms with Crippen LogP contribution in [0.25, 0.3) is 0 Å². The van der Waals surface area contributed by atoms with E-state index < -0.39 is 22.7 Å². The summed E-state index contributed by atoms with van der Waals surface area (Å²) < 4.78 is 0. The minimum Gasteiger partial charge on any atom is -0.478 e. The van der Waals surface area contributed by atoms with Crippen LogP contribution in [-0.4, -0.2) is 22.9 Å². The van der Waals surface area contributed by atoms with Gasteiger partial charge in [0.1, 0.15) is 4.87 Å². The van der Waals surface area contributed by atoms with E-state index in [0.717, 1.165) is 22.3 Å². The molecule has 7 rings (SSSR count). The molecule has 3 aromatic carbocycles. The smallest absolute Gasteiger partial charge is 0.335 e. The standard InChI is InChI=1S/C25H16ClNO4/c26-25-17-7-3-1-5-15(17)19(16-6-2-4-8-18(16)25)20-21(25)23(29)27(22(20)28)14-11-9-13(10-12-14)24(30)31/h1-12,19-21H,(H,30,31)/t19?,20-,21+,25?/m0/s1. The molecule has 1 fully saturated rings. The lowest BCUT2D eigenvalue weighted by Crippen LogP contribution is -2.50. The van der Waals surface area contributed by atoms with Crippen LogP contribution in [0.2, 0.25) is 0 Å². The van der Waals surface area contributed by atoms with Crippen molar-refractivity contribution < 1.29 is 19.5 Å². The van der Waals surface area contributed by atoms with Crippen LogP contribution in [-0.2, 0) is 14.5 Å². The topological polar surface area (TPSA) is 74.7 Å². The third-order valence-electron chi connectivity index (χ3n) is 6.89. The zero-order valence-corrected chi connectivity index (χ0v) is 16.9. The van der Waals surface area contributed by atoms with E-state index in [1.165, 1.54) is 29.2 Å². The summed E-state index contributed by atoms with van der Waals surface area (Å²) in [6.45, 7) is 0. The number of carboxylic acid groups (broad SMARTS) is 1. The molecular formula is C25H16ClNO4. The number of carbonyl (C=O) groups excluding carboxylic acids is 2. The number of anilines is 1. The Kier molecular flexibility index (Phi) is 3.58. The van der Waals surface area contributed by atoms with E-state index in [0.29, 0.717) is 5.69 Å². The number of imide groups is 1. The van der Waals surface area contributed by atoms with E-state index in [1.807, 2.05) is 48.5 Å². The van der Waals surface area contributed by atoms with Gasteiger partial charge in [-0.2, -0.15) is 0 Å². The first kappa shape index (κ1) is 18.3. The number of aromatic carboxylic acids is 1. The fraction of sp³-hybridized carbons (Fsp3) is 0.160. The molecule has 5 nitrogen and oxygen atoms in total. The van der Waals surface area contributed by atoms with Gasteiger partial charge in [0.2, 0.25) is 11.8 Å². The van der Waals surface area contributed by atoms with Crippen molar-refractivity contribution in [2.24, 2.45) is 11.8 Å². The first-order valence-corrected chi connectivity index (χ1v) is 10.4. The van der Waals surface area contributed by atoms with Gasteiger partial charge in [0.15, 0.2) is 0 Å². The lowest BCUT2D eigenvalue weighted by Gasteiger charge is -2.50. The zero-order chi connectivity index (χ0) is 21.5. The first-order valence-electron chi connectivity index (χ1n) is 10.0. The molecule has 31 heavy (non-hydrogen) atoms. The molecule has 4 aliphatic rings. The summed E-state index contributed by atoms with van der Waals surface area (Å²) in [5.41, 5.74) is 4.19. The van der Waals surface area contributed by atoms with Gasteiger partial charge in [-0.25, -0.2) is 9.69 Å². The highest BCUT2D eigenvalue weighted by molar-refractivity contribution is 6.33. The van der Waals surface area contributed by atoms with Crippen LogP contribution in [0, 0.1) is 11.8 Å². The van der Waals surface area contributed by atoms with E-state index in [-0.39, 0.29) is 23.3 Å². The lowest BCUT2D eigenvalue weighted by atomic mass is 9.54. The highest BCUT2D eigenvalue weighted by atomic mass is 35.5. The Morgan fingerprint density at radius 3 is 1.94 bits per heavy atom. The van der Waals surface area contributed by atoms with Crippen molar-refractivity contribution in [2.75, 3.05) is 4.90 Å². The van der Waals surface area contributed by atoms with Gasteiger partial charge in [-0.05, 0) is 46.5 Å². The number of hydrogen-bond acceptors (Lipinski definition) is 3. The third-order valence-corrected chi connectivity index (χ3v) is 7.53. The van der Waals surface area contributed by atoms with Gasteiger partial charge in [-0.1, -0.05) is 48.5 Å². The Labute approximate surface area is 182 Å². The molecule has 0 saturated carbocycles. The number of carboxylic acids is 1. The first-order chi connectivity index (χ1) is 14.9. The van der Waals surface area contributed by atoms with Gasteiger partial charge >= 0.3 is 5.97 Å². The Bertz CT molecular complexity index is 1250. The van der Waals surface area contributed by atoms with Crippen LogP contribution >= 0.6 is 11.6 Å². The molecule has 2 amide bonds. The SMILES string of the molecule is O=C(O)c1ccc(N2C(=O)[C@H]3C4c5ccccc5C(Cl)(c5ccccc54)[C@H]3C2=O)cc1. The highest BCUT2D eigenvalue weighted by Crippen LogP contribution is 2.65. The minimum absolute atomic E-state index is 0.0916. The van der Waals surface area contributed by atoms with Gasteiger partial charge < -0.3 is 5.11 Å². The van der Waals surface area contributed by atoms with Crippen LogP contribution in [0.15, 0.2) is 72.8 Å². The molecule has 0 spiro atoms. The molecule has 0 unspecified atom stereocenters. The summed E-state index contributed by atoms with van der Waals surface area (Å²) in [7, 11) is 0. The fourth-order valence-electron chi connectivity index (χ4n) is 5.69. The molecular weight excluding hydrogens is 414 g/mol. The molecule has 152 valence electrons. The molecule has 3 aliphatic carbocycles. The van der Waals surface area contributed by atoms with Crippen LogP contribution in [0.1, 0.15) is 38.5 Å². The highest BCUT2D eigenvalue weighted by Gasteiger charge is 2.67. The number of amides is 2. The summed E-state index contributed by atoms with van der Waals surface area (Å²) in [6.07, 6.45) is 0. The molecule has 2 atom stereocenters. The van der Waals surface area contributed by atoms with Crippen LogP contribution in [0.3, 0.4) is 0 Å². The second-order valence-corrected chi connectivity index (χ2v) is 8.83. The Morgan fingerprint density at radius 1 is 0.839 bits per heavy atom. The second-order valence-electron chi connectivity index (χ2n) is 8.23. The number of hydrogen-bond donors (Lipinski definition) is 1. The summed E-state index contributed by atoms with van der Waals surface area (Å²) in [6, 6.07) is 21.4. The minimum atomic E-state index is -1.13. The molecule has 1 heterocycles. The number of rotatable bonds is 2. The monoisotopic (exact) mass is 429 g/mol. The molecule has 1 saturated heterocycles. The van der Waals surface area contributed by atoms with Gasteiger partial charge in [-0.15, -0.1) is 11.6 Å². The number of alkyl halides is 1. The molecule has 1 aliphatic heterocycles. The van der Waals surface area contributed by atoms with Gasteiger partial charge in [0.25, 0.3) is 0 Å².